The van der Waals surface area contributed by atoms with Crippen LogP contribution in [0.1, 0.15) is 12.7 Å². The normalized spacial score (nSPS) is 10.8. The highest BCUT2D eigenvalue weighted by Gasteiger charge is 2.11. The van der Waals surface area contributed by atoms with Crippen molar-refractivity contribution in [3.05, 3.63) is 52.3 Å². The van der Waals surface area contributed by atoms with Crippen molar-refractivity contribution in [1.29, 1.82) is 0 Å². The molecule has 3 aromatic rings. The van der Waals surface area contributed by atoms with E-state index < -0.39 is 0 Å². The predicted molar refractivity (Wildman–Crippen MR) is 95.2 cm³/mol. The highest BCUT2D eigenvalue weighted by molar-refractivity contribution is 6.38. The number of hydrogen-bond donors (Lipinski definition) is 1. The third-order valence-corrected chi connectivity index (χ3v) is 3.94. The number of nitrogens with one attached hydrogen (secondary N) is 1. The van der Waals surface area contributed by atoms with Gasteiger partial charge in [-0.2, -0.15) is 0 Å². The van der Waals surface area contributed by atoms with E-state index in [-0.39, 0.29) is 0 Å². The quantitative estimate of drug-likeness (QED) is 0.699. The van der Waals surface area contributed by atoms with Gasteiger partial charge < -0.3 is 10.1 Å². The number of anilines is 2. The number of nitrogens with zero attached hydrogens (tertiary/aromatic N) is 2. The Kier molecular flexibility index (Phi) is 4.55. The van der Waals surface area contributed by atoms with Gasteiger partial charge in [0.05, 0.1) is 17.6 Å². The van der Waals surface area contributed by atoms with E-state index in [1.807, 2.05) is 37.3 Å². The molecule has 23 heavy (non-hydrogen) atoms. The number of hydrogen-bond acceptors (Lipinski definition) is 4. The van der Waals surface area contributed by atoms with E-state index in [4.69, 9.17) is 27.9 Å². The lowest BCUT2D eigenvalue weighted by molar-refractivity contribution is 0.415. The first-order chi connectivity index (χ1) is 11.1. The van der Waals surface area contributed by atoms with Gasteiger partial charge in [0, 0.05) is 22.5 Å². The Morgan fingerprint density at radius 3 is 2.48 bits per heavy atom. The number of halogens is 2. The smallest absolute Gasteiger partial charge is 0.142 e. The van der Waals surface area contributed by atoms with Gasteiger partial charge in [0.15, 0.2) is 0 Å². The summed E-state index contributed by atoms with van der Waals surface area (Å²) < 4.78 is 5.17. The lowest BCUT2D eigenvalue weighted by Crippen LogP contribution is -2.01. The molecular weight excluding hydrogens is 333 g/mol. The molecule has 1 N–H and O–H groups in total. The van der Waals surface area contributed by atoms with E-state index in [1.165, 1.54) is 0 Å². The average Bonchev–Trinajstić information content (AvgIpc) is 2.56. The molecule has 6 heteroatoms. The van der Waals surface area contributed by atoms with Crippen LogP contribution in [-0.2, 0) is 6.42 Å². The summed E-state index contributed by atoms with van der Waals surface area (Å²) in [5, 5.41) is 5.16. The second kappa shape index (κ2) is 6.60. The maximum atomic E-state index is 6.29. The topological polar surface area (TPSA) is 47.0 Å². The fraction of sp³-hybridized carbons (Fsp3) is 0.176. The molecule has 0 unspecified atom stereocenters. The molecule has 0 atom stereocenters. The molecule has 0 fully saturated rings. The predicted octanol–water partition coefficient (Wildman–Crippen LogP) is 5.25. The van der Waals surface area contributed by atoms with Crippen LogP contribution >= 0.6 is 23.2 Å². The summed E-state index contributed by atoms with van der Waals surface area (Å²) >= 11 is 12.4. The van der Waals surface area contributed by atoms with Crippen molar-refractivity contribution >= 4 is 45.6 Å². The van der Waals surface area contributed by atoms with Gasteiger partial charge in [0.25, 0.3) is 0 Å². The summed E-state index contributed by atoms with van der Waals surface area (Å²) in [6.07, 6.45) is 0.714. The number of benzene rings is 2. The van der Waals surface area contributed by atoms with Gasteiger partial charge in [-0.05, 0) is 36.4 Å². The maximum absolute atomic E-state index is 6.29. The molecule has 2 aromatic carbocycles. The molecule has 0 aliphatic rings. The van der Waals surface area contributed by atoms with E-state index in [0.29, 0.717) is 27.8 Å². The van der Waals surface area contributed by atoms with Crippen LogP contribution in [0.2, 0.25) is 10.0 Å². The number of methoxy groups -OCH3 is 1. The van der Waals surface area contributed by atoms with Crippen molar-refractivity contribution < 1.29 is 4.74 Å². The molecule has 0 bridgehead atoms. The van der Waals surface area contributed by atoms with Gasteiger partial charge in [-0.1, -0.05) is 30.1 Å². The molecule has 0 aliphatic carbocycles. The zero-order valence-electron chi connectivity index (χ0n) is 12.7. The van der Waals surface area contributed by atoms with E-state index in [0.717, 1.165) is 22.6 Å². The Morgan fingerprint density at radius 2 is 1.83 bits per heavy atom. The summed E-state index contributed by atoms with van der Waals surface area (Å²) in [6, 6.07) is 11.1. The minimum atomic E-state index is 0.516. The van der Waals surface area contributed by atoms with Crippen LogP contribution in [0.3, 0.4) is 0 Å². The molecule has 0 radical (unpaired) electrons. The lowest BCUT2D eigenvalue weighted by atomic mass is 10.2. The highest BCUT2D eigenvalue weighted by Crippen LogP contribution is 2.32. The molecule has 0 saturated heterocycles. The number of aryl methyl sites for hydroxylation is 1. The standard InChI is InChI=1S/C17H15Cl2N3O/c1-3-15-21-16-13(8-10(18)9-14(16)19)17(22-15)20-11-4-6-12(23-2)7-5-11/h4-9H,3H2,1-2H3,(H,20,21,22). The largest absolute Gasteiger partial charge is 0.497 e. The van der Waals surface area contributed by atoms with Crippen LogP contribution in [0.4, 0.5) is 11.5 Å². The number of fused-ring (bicyclic) bond motifs is 1. The van der Waals surface area contributed by atoms with Crippen LogP contribution in [0, 0.1) is 0 Å². The van der Waals surface area contributed by atoms with Crippen molar-refractivity contribution in [2.75, 3.05) is 12.4 Å². The first-order valence-electron chi connectivity index (χ1n) is 7.17. The molecule has 0 aliphatic heterocycles. The minimum Gasteiger partial charge on any atom is -0.497 e. The lowest BCUT2D eigenvalue weighted by Gasteiger charge is -2.12. The highest BCUT2D eigenvalue weighted by atomic mass is 35.5. The monoisotopic (exact) mass is 347 g/mol. The molecular formula is C17H15Cl2N3O. The SMILES string of the molecule is CCc1nc(Nc2ccc(OC)cc2)c2cc(Cl)cc(Cl)c2n1. The minimum absolute atomic E-state index is 0.516. The van der Waals surface area contributed by atoms with Crippen molar-refractivity contribution in [2.45, 2.75) is 13.3 Å². The van der Waals surface area contributed by atoms with E-state index in [1.54, 1.807) is 13.2 Å². The van der Waals surface area contributed by atoms with Crippen LogP contribution in [-0.4, -0.2) is 17.1 Å². The van der Waals surface area contributed by atoms with Crippen molar-refractivity contribution in [2.24, 2.45) is 0 Å². The number of rotatable bonds is 4. The second-order valence-electron chi connectivity index (χ2n) is 4.98. The average molecular weight is 348 g/mol. The molecule has 4 nitrogen and oxygen atoms in total. The Balaban J connectivity index is 2.10. The first-order valence-corrected chi connectivity index (χ1v) is 7.93. The number of aromatic nitrogens is 2. The van der Waals surface area contributed by atoms with E-state index in [2.05, 4.69) is 15.3 Å². The first kappa shape index (κ1) is 15.8. The van der Waals surface area contributed by atoms with Gasteiger partial charge >= 0.3 is 0 Å². The van der Waals surface area contributed by atoms with E-state index >= 15 is 0 Å². The molecule has 1 heterocycles. The zero-order valence-corrected chi connectivity index (χ0v) is 14.2. The van der Waals surface area contributed by atoms with Crippen molar-refractivity contribution in [1.82, 2.24) is 9.97 Å². The summed E-state index contributed by atoms with van der Waals surface area (Å²) in [6.45, 7) is 2.00. The molecule has 0 saturated carbocycles. The molecule has 118 valence electrons. The van der Waals surface area contributed by atoms with Gasteiger partial charge in [0.1, 0.15) is 17.4 Å². The Hall–Kier alpha value is -2.04. The third kappa shape index (κ3) is 3.33. The Labute approximate surface area is 144 Å². The summed E-state index contributed by atoms with van der Waals surface area (Å²) in [7, 11) is 1.64. The molecule has 0 amide bonds. The maximum Gasteiger partial charge on any atom is 0.142 e. The van der Waals surface area contributed by atoms with Crippen LogP contribution in [0.15, 0.2) is 36.4 Å². The van der Waals surface area contributed by atoms with E-state index in [9.17, 15) is 0 Å². The van der Waals surface area contributed by atoms with Gasteiger partial charge in [-0.25, -0.2) is 9.97 Å². The fourth-order valence-corrected chi connectivity index (χ4v) is 2.80. The fourth-order valence-electron chi connectivity index (χ4n) is 2.27. The summed E-state index contributed by atoms with van der Waals surface area (Å²) in [5.41, 5.74) is 1.59. The zero-order chi connectivity index (χ0) is 16.4. The van der Waals surface area contributed by atoms with Crippen molar-refractivity contribution in [3.8, 4) is 5.75 Å². The van der Waals surface area contributed by atoms with Crippen molar-refractivity contribution in [3.63, 3.8) is 0 Å². The molecule has 3 rings (SSSR count). The molecule has 0 spiro atoms. The third-order valence-electron chi connectivity index (χ3n) is 3.43. The van der Waals surface area contributed by atoms with Crippen LogP contribution < -0.4 is 10.1 Å². The second-order valence-corrected chi connectivity index (χ2v) is 5.82. The van der Waals surface area contributed by atoms with Gasteiger partial charge in [-0.3, -0.25) is 0 Å². The summed E-state index contributed by atoms with van der Waals surface area (Å²) in [5.74, 6) is 2.20. The van der Waals surface area contributed by atoms with Gasteiger partial charge in [0.2, 0.25) is 0 Å². The number of ether oxygens (including phenoxy) is 1. The Morgan fingerprint density at radius 1 is 1.09 bits per heavy atom. The summed E-state index contributed by atoms with van der Waals surface area (Å²) in [4.78, 5) is 9.07. The van der Waals surface area contributed by atoms with Gasteiger partial charge in [-0.15, -0.1) is 0 Å². The Bertz CT molecular complexity index is 851. The van der Waals surface area contributed by atoms with Crippen LogP contribution in [0.5, 0.6) is 5.75 Å². The van der Waals surface area contributed by atoms with Crippen LogP contribution in [0.25, 0.3) is 10.9 Å². The molecule has 1 aromatic heterocycles.